The predicted octanol–water partition coefficient (Wildman–Crippen LogP) is 36.6. The topological polar surface area (TPSA) is 64.6 Å². The number of hydrogen-bond donors (Lipinski definition) is 14. The molecule has 0 spiro atoms. The van der Waals surface area contributed by atoms with E-state index in [1.54, 1.807) is 0 Å². The highest BCUT2D eigenvalue weighted by molar-refractivity contribution is 7.82. The smallest absolute Gasteiger partial charge is 0.122 e. The first-order chi connectivity index (χ1) is 70.3. The maximum atomic E-state index is 6.05. The molecule has 0 radical (unpaired) electrons. The summed E-state index contributed by atoms with van der Waals surface area (Å²) in [5.74, 6) is 20.0. The number of hydrogen-bond acceptors (Lipinski definition) is 21. The van der Waals surface area contributed by atoms with Crippen LogP contribution in [0.5, 0.6) is 40.2 Å². The Kier molecular flexibility index (Phi) is 97.6. The molecule has 0 unspecified atom stereocenters. The molecule has 0 saturated carbocycles. The first kappa shape index (κ1) is 136. The Bertz CT molecular complexity index is 4080. The van der Waals surface area contributed by atoms with Crippen molar-refractivity contribution < 1.29 is 33.2 Å². The normalized spacial score (nSPS) is 10.8. The predicted molar refractivity (Wildman–Crippen MR) is 680 cm³/mol. The van der Waals surface area contributed by atoms with Gasteiger partial charge in [-0.2, -0.15) is 177 Å². The Hall–Kier alpha value is -2.74. The Balaban J connectivity index is 0.000000566. The van der Waals surface area contributed by atoms with E-state index < -0.39 is 0 Å². The van der Waals surface area contributed by atoms with Crippen LogP contribution < -0.4 is 33.2 Å². The third kappa shape index (κ3) is 79.0. The number of thiol groups is 14. The van der Waals surface area contributed by atoms with Crippen LogP contribution in [-0.4, -0.2) is 119 Å². The highest BCUT2D eigenvalue weighted by Crippen LogP contribution is 2.30. The second kappa shape index (κ2) is 102. The van der Waals surface area contributed by atoms with Gasteiger partial charge >= 0.3 is 0 Å². The standard InChI is InChI=1S/C22H38OS2.C20H34OS2.C18H22OS2.C18H30OS2.C16H26OS2.2C14H22OS2/c24-19-13-7-3-1-5-9-15-21-16-10-11-17-22(21)23-18-12-6-2-4-8-14-20-25;22-17-11-5-1-3-7-13-19-14-8-9-15-20(19)21-16-10-4-2-6-12-18-23;20-12-3-5-17-4-1-2-6-18(17)19-14-16-9-7-15(8-10-16)11-13-21;20-15-9-3-1-5-11-17-12-6-7-13-18(17)19-14-8-2-4-10-16-21;18-13-7-1-3-9-15-10-4-5-11-16(15)17-12-6-2-8-14-19;1-14(2,17)9-10-15-13-8-4-3-6-12(13)7-5-11-16;16-11-5-3-8-13-7-1-2-9-14(13)15-10-4-6-12-17/h10-11,16-17,24-25H,1-9,12-15,18-20H2;8-9,14-15,22-23H,1-7,10-13,16-18H2;1-2,4,6-10,20-21H,3,5,11-14H2;6-7,12-13,20-21H,1-5,8-11,14-16H2;4-5,10-11,18-19H,1-3,6-9,12-14H2;3-4,6,8,16-17H,5,7,9-11H2,1-2H3;1-2,7,9,16-17H,3-6,8,10-12H2. The van der Waals surface area contributed by atoms with Crippen molar-refractivity contribution >= 4 is 177 Å². The van der Waals surface area contributed by atoms with Gasteiger partial charge in [0, 0.05) is 4.75 Å². The lowest BCUT2D eigenvalue weighted by atomic mass is 10.0. The number of rotatable bonds is 80. The maximum absolute atomic E-state index is 6.05. The summed E-state index contributed by atoms with van der Waals surface area (Å²) in [5, 5.41) is 0. The SMILES string of the molecule is CC(C)(S)CCOc1ccccc1CCCS.SCCCCCCCCOc1ccccc1CCCCCCCCS.SCCCCCCCOc1ccccc1CCCCCCCS.SCCCCCCOc1ccccc1CCCCCCS.SCCCCCOc1ccccc1CCCCCS.SCCCCOc1ccccc1CCCCS.SCCCc1ccccc1OCc1ccc(CCS)cc1. The number of benzene rings is 8. The van der Waals surface area contributed by atoms with Crippen molar-refractivity contribution in [3.63, 3.8) is 0 Å². The molecule has 0 aliphatic heterocycles. The summed E-state index contributed by atoms with van der Waals surface area (Å²) in [7, 11) is 0. The van der Waals surface area contributed by atoms with Crippen LogP contribution in [0.2, 0.25) is 0 Å². The molecule has 0 aliphatic carbocycles. The van der Waals surface area contributed by atoms with Gasteiger partial charge in [-0.3, -0.25) is 0 Å². The molecule has 0 fully saturated rings. The number of aryl methyl sites for hydroxylation is 8. The molecular formula is C122H194O7S14. The molecule has 7 nitrogen and oxygen atoms in total. The van der Waals surface area contributed by atoms with Crippen LogP contribution in [0.25, 0.3) is 0 Å². The second-order valence-corrected chi connectivity index (χ2v) is 44.3. The maximum Gasteiger partial charge on any atom is 0.122 e. The van der Waals surface area contributed by atoms with Crippen LogP contribution in [0, 0.1) is 0 Å². The molecule has 0 atom stereocenters. The Morgan fingerprint density at radius 3 is 0.573 bits per heavy atom. The second-order valence-electron chi connectivity index (χ2n) is 37.3. The minimum absolute atomic E-state index is 0.0278. The monoisotopic (exact) mass is 2220 g/mol. The first-order valence-electron chi connectivity index (χ1n) is 54.9. The van der Waals surface area contributed by atoms with Crippen molar-refractivity contribution in [1.29, 1.82) is 0 Å². The molecule has 0 N–H and O–H groups in total. The lowest BCUT2D eigenvalue weighted by Gasteiger charge is -2.18. The molecule has 143 heavy (non-hydrogen) atoms. The molecule has 8 aromatic carbocycles. The van der Waals surface area contributed by atoms with Crippen molar-refractivity contribution in [3.05, 3.63) is 244 Å². The van der Waals surface area contributed by atoms with E-state index in [1.165, 1.54) is 268 Å². The molecule has 8 rings (SSSR count). The zero-order valence-corrected chi connectivity index (χ0v) is 101. The highest BCUT2D eigenvalue weighted by Gasteiger charge is 2.15. The van der Waals surface area contributed by atoms with E-state index in [-0.39, 0.29) is 4.75 Å². The van der Waals surface area contributed by atoms with Crippen LogP contribution >= 0.6 is 177 Å². The summed E-state index contributed by atoms with van der Waals surface area (Å²) in [6.07, 6.45) is 61.7. The Labute approximate surface area is 952 Å². The van der Waals surface area contributed by atoms with Gasteiger partial charge < -0.3 is 33.2 Å². The van der Waals surface area contributed by atoms with Gasteiger partial charge in [-0.25, -0.2) is 0 Å². The zero-order chi connectivity index (χ0) is 104. The van der Waals surface area contributed by atoms with Crippen LogP contribution in [-0.2, 0) is 58.0 Å². The fraction of sp³-hybridized carbons (Fsp3) is 0.607. The van der Waals surface area contributed by atoms with Gasteiger partial charge in [0.05, 0.1) is 39.6 Å². The van der Waals surface area contributed by atoms with Gasteiger partial charge in [-0.05, 0) is 373 Å². The summed E-state index contributed by atoms with van der Waals surface area (Å²) in [6.45, 7) is 9.69. The molecule has 0 aromatic heterocycles. The highest BCUT2D eigenvalue weighted by atomic mass is 32.1. The summed E-state index contributed by atoms with van der Waals surface area (Å²) >= 11 is 59.7. The zero-order valence-electron chi connectivity index (χ0n) is 88.3. The summed E-state index contributed by atoms with van der Waals surface area (Å²) < 4.78 is 41.6. The fourth-order valence-electron chi connectivity index (χ4n) is 15.7. The number of unbranched alkanes of at least 4 members (excludes halogenated alkanes) is 30. The summed E-state index contributed by atoms with van der Waals surface area (Å²) in [6, 6.07) is 67.5. The van der Waals surface area contributed by atoms with E-state index in [1.807, 2.05) is 30.3 Å². The summed E-state index contributed by atoms with van der Waals surface area (Å²) in [4.78, 5) is 0. The van der Waals surface area contributed by atoms with E-state index in [9.17, 15) is 0 Å². The van der Waals surface area contributed by atoms with Gasteiger partial charge in [0.2, 0.25) is 0 Å². The quantitative estimate of drug-likeness (QED) is 0.0137. The number of ether oxygens (including phenoxy) is 7. The van der Waals surface area contributed by atoms with Crippen molar-refractivity contribution in [2.75, 3.05) is 114 Å². The van der Waals surface area contributed by atoms with E-state index >= 15 is 0 Å². The van der Waals surface area contributed by atoms with Crippen LogP contribution in [0.4, 0.5) is 0 Å². The Morgan fingerprint density at radius 2 is 0.329 bits per heavy atom. The third-order valence-electron chi connectivity index (χ3n) is 24.1. The van der Waals surface area contributed by atoms with Gasteiger partial charge in [0.1, 0.15) is 46.9 Å². The fourth-order valence-corrected chi connectivity index (χ4v) is 18.6. The first-order valence-corrected chi connectivity index (χ1v) is 63.6. The average Bonchev–Trinajstić information content (AvgIpc) is 0.890. The molecule has 0 bridgehead atoms. The minimum atomic E-state index is 0.0278. The molecule has 0 saturated heterocycles. The molecular weight excluding hydrogens is 2030 g/mol. The molecule has 808 valence electrons. The average molecular weight is 2220 g/mol. The molecule has 0 heterocycles. The largest absolute Gasteiger partial charge is 0.493 e. The molecule has 0 amide bonds. The molecule has 21 heteroatoms. The number of para-hydroxylation sites is 7. The van der Waals surface area contributed by atoms with Crippen molar-refractivity contribution in [2.24, 2.45) is 0 Å². The minimum Gasteiger partial charge on any atom is -0.493 e. The van der Waals surface area contributed by atoms with Crippen LogP contribution in [0.15, 0.2) is 194 Å². The lowest BCUT2D eigenvalue weighted by Crippen LogP contribution is -2.15. The van der Waals surface area contributed by atoms with Crippen molar-refractivity contribution in [1.82, 2.24) is 0 Å². The van der Waals surface area contributed by atoms with Gasteiger partial charge in [-0.1, -0.05) is 288 Å². The molecule has 0 aliphatic rings. The van der Waals surface area contributed by atoms with E-state index in [0.29, 0.717) is 13.2 Å². The Morgan fingerprint density at radius 1 is 0.161 bits per heavy atom. The van der Waals surface area contributed by atoms with Crippen molar-refractivity contribution in [2.45, 2.75) is 353 Å². The van der Waals surface area contributed by atoms with E-state index in [4.69, 9.17) is 33.2 Å². The van der Waals surface area contributed by atoms with Crippen LogP contribution in [0.3, 0.4) is 0 Å². The van der Waals surface area contributed by atoms with Crippen LogP contribution in [0.1, 0.15) is 340 Å². The molecule has 8 aromatic rings. The van der Waals surface area contributed by atoms with Gasteiger partial charge in [0.15, 0.2) is 0 Å². The van der Waals surface area contributed by atoms with E-state index in [0.717, 1.165) is 257 Å². The van der Waals surface area contributed by atoms with E-state index in [2.05, 4.69) is 354 Å². The van der Waals surface area contributed by atoms with Gasteiger partial charge in [0.25, 0.3) is 0 Å². The summed E-state index contributed by atoms with van der Waals surface area (Å²) in [5.41, 5.74) is 11.8. The lowest BCUT2D eigenvalue weighted by molar-refractivity contribution is 0.295. The van der Waals surface area contributed by atoms with Gasteiger partial charge in [-0.15, -0.1) is 0 Å². The third-order valence-corrected chi connectivity index (χ3v) is 28.4. The van der Waals surface area contributed by atoms with Crippen molar-refractivity contribution in [3.8, 4) is 40.2 Å².